The molecule has 106 valence electrons. The minimum Gasteiger partial charge on any atom is -0.376 e. The number of fused-ring (bicyclic) bond motifs is 1. The molecule has 2 aliphatic rings. The Morgan fingerprint density at radius 3 is 2.05 bits per heavy atom. The van der Waals surface area contributed by atoms with Crippen molar-refractivity contribution in [1.82, 2.24) is 0 Å². The van der Waals surface area contributed by atoms with Crippen LogP contribution in [0.2, 0.25) is 0 Å². The molecule has 2 aromatic rings. The van der Waals surface area contributed by atoms with Crippen LogP contribution in [0.15, 0.2) is 60.7 Å². The zero-order valence-electron chi connectivity index (χ0n) is 11.9. The number of Topliss-reactive ketones (excluding diaryl/α,β-unsaturated/α-hetero) is 1. The van der Waals surface area contributed by atoms with Gasteiger partial charge in [0.1, 0.15) is 5.41 Å². The second kappa shape index (κ2) is 4.81. The first-order chi connectivity index (χ1) is 10.3. The predicted octanol–water partition coefficient (Wildman–Crippen LogP) is 3.35. The molecule has 2 atom stereocenters. The van der Waals surface area contributed by atoms with Crippen LogP contribution in [0.4, 0.5) is 0 Å². The maximum absolute atomic E-state index is 13.0. The predicted molar refractivity (Wildman–Crippen MR) is 81.1 cm³/mol. The fourth-order valence-electron chi connectivity index (χ4n) is 3.99. The van der Waals surface area contributed by atoms with Gasteiger partial charge in [0.15, 0.2) is 5.78 Å². The van der Waals surface area contributed by atoms with Gasteiger partial charge in [-0.25, -0.2) is 0 Å². The average Bonchev–Trinajstić information content (AvgIpc) is 2.57. The van der Waals surface area contributed by atoms with Gasteiger partial charge in [0.2, 0.25) is 0 Å². The van der Waals surface area contributed by atoms with Crippen molar-refractivity contribution in [3.05, 3.63) is 71.8 Å². The van der Waals surface area contributed by atoms with E-state index in [1.54, 1.807) is 0 Å². The highest BCUT2D eigenvalue weighted by molar-refractivity contribution is 6.03. The molecule has 4 rings (SSSR count). The first kappa shape index (κ1) is 12.8. The molecular weight excluding hydrogens is 260 g/mol. The highest BCUT2D eigenvalue weighted by atomic mass is 16.5. The lowest BCUT2D eigenvalue weighted by atomic mass is 9.50. The third-order valence-electron chi connectivity index (χ3n) is 4.93. The van der Waals surface area contributed by atoms with Gasteiger partial charge in [0, 0.05) is 12.5 Å². The Hall–Kier alpha value is -1.93. The van der Waals surface area contributed by atoms with Gasteiger partial charge in [-0.15, -0.1) is 0 Å². The molecule has 0 N–H and O–H groups in total. The lowest BCUT2D eigenvalue weighted by Crippen LogP contribution is -2.67. The molecule has 2 heteroatoms. The summed E-state index contributed by atoms with van der Waals surface area (Å²) in [6.07, 6.45) is 1.95. The van der Waals surface area contributed by atoms with Crippen LogP contribution in [0.5, 0.6) is 0 Å². The van der Waals surface area contributed by atoms with Gasteiger partial charge < -0.3 is 4.74 Å². The summed E-state index contributed by atoms with van der Waals surface area (Å²) in [6.45, 7) is 0.760. The van der Waals surface area contributed by atoms with E-state index in [0.717, 1.165) is 30.6 Å². The molecule has 0 radical (unpaired) electrons. The Bertz CT molecular complexity index is 608. The van der Waals surface area contributed by atoms with Crippen LogP contribution in [0.3, 0.4) is 0 Å². The van der Waals surface area contributed by atoms with Crippen molar-refractivity contribution in [2.75, 3.05) is 6.61 Å². The number of carbonyl (C=O) groups excluding carboxylic acids is 1. The van der Waals surface area contributed by atoms with E-state index in [9.17, 15) is 4.79 Å². The summed E-state index contributed by atoms with van der Waals surface area (Å²) in [4.78, 5) is 13.0. The molecule has 0 spiro atoms. The van der Waals surface area contributed by atoms with Crippen LogP contribution < -0.4 is 0 Å². The lowest BCUT2D eigenvalue weighted by molar-refractivity contribution is -0.169. The van der Waals surface area contributed by atoms with E-state index in [-0.39, 0.29) is 12.0 Å². The summed E-state index contributed by atoms with van der Waals surface area (Å²) >= 11 is 0. The molecule has 21 heavy (non-hydrogen) atoms. The number of hydrogen-bond donors (Lipinski definition) is 0. The molecule has 1 heterocycles. The first-order valence-corrected chi connectivity index (χ1v) is 7.62. The summed E-state index contributed by atoms with van der Waals surface area (Å²) < 4.78 is 6.05. The Balaban J connectivity index is 1.90. The van der Waals surface area contributed by atoms with Crippen LogP contribution in [0.25, 0.3) is 0 Å². The maximum atomic E-state index is 13.0. The molecule has 0 unspecified atom stereocenters. The van der Waals surface area contributed by atoms with Crippen LogP contribution in [0, 0.1) is 5.92 Å². The van der Waals surface area contributed by atoms with E-state index < -0.39 is 5.41 Å². The van der Waals surface area contributed by atoms with Crippen LogP contribution in [0.1, 0.15) is 24.0 Å². The molecular formula is C19H18O2. The fraction of sp³-hybridized carbons (Fsp3) is 0.316. The van der Waals surface area contributed by atoms with Gasteiger partial charge in [-0.2, -0.15) is 0 Å². The summed E-state index contributed by atoms with van der Waals surface area (Å²) in [5, 5.41) is 0. The van der Waals surface area contributed by atoms with Crippen molar-refractivity contribution in [2.45, 2.75) is 24.4 Å². The summed E-state index contributed by atoms with van der Waals surface area (Å²) in [5.41, 5.74) is 1.52. The normalized spacial score (nSPS) is 26.8. The van der Waals surface area contributed by atoms with Gasteiger partial charge in [-0.1, -0.05) is 60.7 Å². The maximum Gasteiger partial charge on any atom is 0.156 e. The standard InChI is InChI=1S/C19H18O2/c20-17-16-12-7-13-21-18(16)19(17,14-8-3-1-4-9-14)15-10-5-2-6-11-15/h1-6,8-11,16,18H,7,12-13H2/t16-,18+/m0/s1. The van der Waals surface area contributed by atoms with Crippen molar-refractivity contribution in [3.8, 4) is 0 Å². The molecule has 2 fully saturated rings. The number of ether oxygens (including phenoxy) is 1. The molecule has 2 aromatic carbocycles. The van der Waals surface area contributed by atoms with Gasteiger partial charge in [0.05, 0.1) is 6.10 Å². The van der Waals surface area contributed by atoms with E-state index in [0.29, 0.717) is 5.78 Å². The number of rotatable bonds is 2. The fourth-order valence-corrected chi connectivity index (χ4v) is 3.99. The number of ketones is 1. The monoisotopic (exact) mass is 278 g/mol. The van der Waals surface area contributed by atoms with Crippen LogP contribution in [-0.4, -0.2) is 18.5 Å². The third kappa shape index (κ3) is 1.66. The SMILES string of the molecule is O=C1[C@@H]2CCCO[C@H]2C1(c1ccccc1)c1ccccc1. The second-order valence-corrected chi connectivity index (χ2v) is 5.94. The average molecular weight is 278 g/mol. The third-order valence-corrected chi connectivity index (χ3v) is 4.93. The molecule has 1 aliphatic carbocycles. The summed E-state index contributed by atoms with van der Waals surface area (Å²) in [7, 11) is 0. The van der Waals surface area contributed by atoms with E-state index in [4.69, 9.17) is 4.74 Å². The lowest BCUT2D eigenvalue weighted by Gasteiger charge is -2.55. The molecule has 0 aromatic heterocycles. The van der Waals surface area contributed by atoms with Gasteiger partial charge >= 0.3 is 0 Å². The highest BCUT2D eigenvalue weighted by Crippen LogP contribution is 2.53. The minimum absolute atomic E-state index is 0.0106. The van der Waals surface area contributed by atoms with Gasteiger partial charge in [-0.05, 0) is 24.0 Å². The largest absolute Gasteiger partial charge is 0.376 e. The number of carbonyl (C=O) groups is 1. The van der Waals surface area contributed by atoms with E-state index in [2.05, 4.69) is 24.3 Å². The highest BCUT2D eigenvalue weighted by Gasteiger charge is 2.64. The quantitative estimate of drug-likeness (QED) is 0.842. The first-order valence-electron chi connectivity index (χ1n) is 7.62. The molecule has 2 nitrogen and oxygen atoms in total. The summed E-state index contributed by atoms with van der Waals surface area (Å²) in [5.74, 6) is 0.392. The van der Waals surface area contributed by atoms with Crippen molar-refractivity contribution in [3.63, 3.8) is 0 Å². The molecule has 1 saturated heterocycles. The van der Waals surface area contributed by atoms with Crippen LogP contribution in [-0.2, 0) is 14.9 Å². The smallest absolute Gasteiger partial charge is 0.156 e. The molecule has 0 amide bonds. The van der Waals surface area contributed by atoms with E-state index in [1.807, 2.05) is 36.4 Å². The Morgan fingerprint density at radius 2 is 1.48 bits per heavy atom. The van der Waals surface area contributed by atoms with Crippen molar-refractivity contribution in [1.29, 1.82) is 0 Å². The minimum atomic E-state index is -0.604. The van der Waals surface area contributed by atoms with Crippen LogP contribution >= 0.6 is 0 Å². The molecule has 1 aliphatic heterocycles. The van der Waals surface area contributed by atoms with E-state index >= 15 is 0 Å². The molecule has 0 bridgehead atoms. The number of hydrogen-bond acceptors (Lipinski definition) is 2. The Kier molecular flexibility index (Phi) is 2.93. The van der Waals surface area contributed by atoms with Gasteiger partial charge in [0.25, 0.3) is 0 Å². The Morgan fingerprint density at radius 1 is 0.905 bits per heavy atom. The Labute approximate surface area is 124 Å². The molecule has 1 saturated carbocycles. The topological polar surface area (TPSA) is 26.3 Å². The van der Waals surface area contributed by atoms with Crippen molar-refractivity contribution < 1.29 is 9.53 Å². The van der Waals surface area contributed by atoms with Crippen molar-refractivity contribution in [2.24, 2.45) is 5.92 Å². The van der Waals surface area contributed by atoms with Gasteiger partial charge in [-0.3, -0.25) is 4.79 Å². The number of benzene rings is 2. The summed E-state index contributed by atoms with van der Waals surface area (Å²) in [6, 6.07) is 20.2. The van der Waals surface area contributed by atoms with Crippen molar-refractivity contribution >= 4 is 5.78 Å². The van der Waals surface area contributed by atoms with E-state index in [1.165, 1.54) is 0 Å². The second-order valence-electron chi connectivity index (χ2n) is 5.94. The zero-order valence-corrected chi connectivity index (χ0v) is 11.9. The zero-order chi connectivity index (χ0) is 14.3.